The number of carbonyl (C=O) groups is 2. The van der Waals surface area contributed by atoms with E-state index in [4.69, 9.17) is 0 Å². The second kappa shape index (κ2) is 10.1. The van der Waals surface area contributed by atoms with Gasteiger partial charge in [0.25, 0.3) is 11.8 Å². The first kappa shape index (κ1) is 20.9. The molecule has 0 aromatic heterocycles. The number of anilines is 1. The predicted molar refractivity (Wildman–Crippen MR) is 117 cm³/mol. The molecule has 0 saturated heterocycles. The maximum absolute atomic E-state index is 12.8. The third-order valence-corrected chi connectivity index (χ3v) is 5.27. The average Bonchev–Trinajstić information content (AvgIpc) is 3.00. The highest BCUT2D eigenvalue weighted by molar-refractivity contribution is 5.99. The van der Waals surface area contributed by atoms with Crippen molar-refractivity contribution < 1.29 is 9.59 Å². The Morgan fingerprint density at radius 2 is 1.83 bits per heavy atom. The van der Waals surface area contributed by atoms with Gasteiger partial charge in [-0.05, 0) is 37.1 Å². The molecule has 154 valence electrons. The van der Waals surface area contributed by atoms with E-state index < -0.39 is 0 Å². The Kier molecular flexibility index (Phi) is 7.28. The van der Waals surface area contributed by atoms with Crippen LogP contribution in [0.1, 0.15) is 78.4 Å². The summed E-state index contributed by atoms with van der Waals surface area (Å²) in [6.45, 7) is 5.63. The van der Waals surface area contributed by atoms with Crippen LogP contribution in [0.15, 0.2) is 48.5 Å². The molecule has 0 saturated carbocycles. The minimum atomic E-state index is -0.217. The number of carbonyl (C=O) groups excluding carboxylic acids is 2. The van der Waals surface area contributed by atoms with E-state index in [0.717, 1.165) is 36.1 Å². The number of nitrogens with one attached hydrogen (secondary N) is 2. The number of rotatable bonds is 10. The van der Waals surface area contributed by atoms with Crippen molar-refractivity contribution in [1.82, 2.24) is 10.2 Å². The highest BCUT2D eigenvalue weighted by Crippen LogP contribution is 2.34. The monoisotopic (exact) mass is 393 g/mol. The molecule has 0 unspecified atom stereocenters. The molecule has 1 heterocycles. The van der Waals surface area contributed by atoms with Gasteiger partial charge < -0.3 is 15.5 Å². The fourth-order valence-corrected chi connectivity index (χ4v) is 3.76. The molecule has 1 aliphatic rings. The van der Waals surface area contributed by atoms with Crippen molar-refractivity contribution in [2.45, 2.75) is 52.1 Å². The number of benzene rings is 2. The largest absolute Gasteiger partial charge is 0.361 e. The van der Waals surface area contributed by atoms with E-state index >= 15 is 0 Å². The molecule has 1 aliphatic heterocycles. The smallest absolute Gasteiger partial charge is 0.256 e. The van der Waals surface area contributed by atoms with Crippen LogP contribution in [0.25, 0.3) is 0 Å². The zero-order valence-corrected chi connectivity index (χ0v) is 17.4. The quantitative estimate of drug-likeness (QED) is 0.560. The first-order chi connectivity index (χ1) is 14.2. The highest BCUT2D eigenvalue weighted by atomic mass is 16.2. The van der Waals surface area contributed by atoms with Gasteiger partial charge in [0, 0.05) is 35.5 Å². The number of hydrogen-bond acceptors (Lipinski definition) is 3. The first-order valence-electron chi connectivity index (χ1n) is 10.7. The molecular weight excluding hydrogens is 362 g/mol. The number of fused-ring (bicyclic) bond motifs is 1. The summed E-state index contributed by atoms with van der Waals surface area (Å²) in [6, 6.07) is 15.2. The van der Waals surface area contributed by atoms with Crippen molar-refractivity contribution in [3.8, 4) is 0 Å². The summed E-state index contributed by atoms with van der Waals surface area (Å²) < 4.78 is 0. The Morgan fingerprint density at radius 1 is 1.00 bits per heavy atom. The molecule has 3 rings (SSSR count). The second-order valence-electron chi connectivity index (χ2n) is 7.53. The molecule has 2 amide bonds. The summed E-state index contributed by atoms with van der Waals surface area (Å²) in [6.07, 6.45) is 5.20. The maximum atomic E-state index is 12.8. The summed E-state index contributed by atoms with van der Waals surface area (Å²) in [4.78, 5) is 27.1. The minimum absolute atomic E-state index is 0.0564. The van der Waals surface area contributed by atoms with Crippen LogP contribution < -0.4 is 10.6 Å². The van der Waals surface area contributed by atoms with Gasteiger partial charge in [-0.25, -0.2) is 0 Å². The molecule has 0 radical (unpaired) electrons. The summed E-state index contributed by atoms with van der Waals surface area (Å²) in [5.74, 6) is -0.000567. The van der Waals surface area contributed by atoms with E-state index in [-0.39, 0.29) is 18.0 Å². The molecule has 0 aliphatic carbocycles. The fraction of sp³-hybridized carbons (Fsp3) is 0.417. The van der Waals surface area contributed by atoms with Crippen LogP contribution in [0.4, 0.5) is 5.69 Å². The van der Waals surface area contributed by atoms with E-state index in [1.807, 2.05) is 53.4 Å². The summed E-state index contributed by atoms with van der Waals surface area (Å²) in [5.41, 5.74) is 3.19. The normalized spacial score (nSPS) is 15.3. The Morgan fingerprint density at radius 3 is 2.62 bits per heavy atom. The molecule has 0 fully saturated rings. The van der Waals surface area contributed by atoms with Crippen LogP contribution in [0.2, 0.25) is 0 Å². The van der Waals surface area contributed by atoms with Crippen molar-refractivity contribution in [3.05, 3.63) is 65.2 Å². The Balaban J connectivity index is 1.70. The summed E-state index contributed by atoms with van der Waals surface area (Å²) in [7, 11) is 0. The molecule has 0 bridgehead atoms. The van der Waals surface area contributed by atoms with Gasteiger partial charge in [0.15, 0.2) is 0 Å². The fourth-order valence-electron chi connectivity index (χ4n) is 3.76. The van der Waals surface area contributed by atoms with Gasteiger partial charge >= 0.3 is 0 Å². The third-order valence-electron chi connectivity index (χ3n) is 5.27. The Labute approximate surface area is 173 Å². The van der Waals surface area contributed by atoms with Crippen LogP contribution in [-0.4, -0.2) is 29.8 Å². The van der Waals surface area contributed by atoms with Gasteiger partial charge in [-0.15, -0.1) is 0 Å². The average molecular weight is 394 g/mol. The molecule has 5 nitrogen and oxygen atoms in total. The number of nitrogens with zero attached hydrogens (tertiary/aromatic N) is 1. The van der Waals surface area contributed by atoms with Gasteiger partial charge in [-0.2, -0.15) is 0 Å². The van der Waals surface area contributed by atoms with E-state index in [1.165, 1.54) is 12.8 Å². The van der Waals surface area contributed by atoms with Crippen LogP contribution in [0.3, 0.4) is 0 Å². The molecular formula is C24H31N3O2. The number of hydrogen-bond donors (Lipinski definition) is 2. The SMILES string of the molecule is CCCCCCNC(=O)c1cccc(N[C@@H]2c3ccccc3C(=O)N2CCC)c1. The van der Waals surface area contributed by atoms with Crippen molar-refractivity contribution in [3.63, 3.8) is 0 Å². The van der Waals surface area contributed by atoms with Gasteiger partial charge in [0.1, 0.15) is 6.17 Å². The van der Waals surface area contributed by atoms with Crippen LogP contribution in [0.5, 0.6) is 0 Å². The van der Waals surface area contributed by atoms with Crippen molar-refractivity contribution in [2.75, 3.05) is 18.4 Å². The molecule has 2 aromatic rings. The Hall–Kier alpha value is -2.82. The molecule has 1 atom stereocenters. The van der Waals surface area contributed by atoms with E-state index in [9.17, 15) is 9.59 Å². The summed E-state index contributed by atoms with van der Waals surface area (Å²) in [5, 5.41) is 6.47. The maximum Gasteiger partial charge on any atom is 0.256 e. The minimum Gasteiger partial charge on any atom is -0.361 e. The van der Waals surface area contributed by atoms with Gasteiger partial charge in [0.2, 0.25) is 0 Å². The predicted octanol–water partition coefficient (Wildman–Crippen LogP) is 4.97. The highest BCUT2D eigenvalue weighted by Gasteiger charge is 2.35. The molecule has 29 heavy (non-hydrogen) atoms. The lowest BCUT2D eigenvalue weighted by molar-refractivity contribution is 0.0742. The van der Waals surface area contributed by atoms with Gasteiger partial charge in [-0.1, -0.05) is 57.4 Å². The van der Waals surface area contributed by atoms with Crippen LogP contribution in [0, 0.1) is 0 Å². The lowest BCUT2D eigenvalue weighted by Gasteiger charge is -2.27. The van der Waals surface area contributed by atoms with Gasteiger partial charge in [0.05, 0.1) is 0 Å². The summed E-state index contributed by atoms with van der Waals surface area (Å²) >= 11 is 0. The van der Waals surface area contributed by atoms with E-state index in [2.05, 4.69) is 24.5 Å². The first-order valence-corrected chi connectivity index (χ1v) is 10.7. The van der Waals surface area contributed by atoms with E-state index in [1.54, 1.807) is 0 Å². The van der Waals surface area contributed by atoms with Crippen molar-refractivity contribution in [1.29, 1.82) is 0 Å². The lowest BCUT2D eigenvalue weighted by atomic mass is 10.1. The van der Waals surface area contributed by atoms with Crippen LogP contribution in [-0.2, 0) is 0 Å². The van der Waals surface area contributed by atoms with Crippen LogP contribution >= 0.6 is 0 Å². The number of unbranched alkanes of at least 4 members (excludes halogenated alkanes) is 3. The zero-order chi connectivity index (χ0) is 20.6. The van der Waals surface area contributed by atoms with Gasteiger partial charge in [-0.3, -0.25) is 9.59 Å². The molecule has 2 N–H and O–H groups in total. The standard InChI is InChI=1S/C24H31N3O2/c1-3-5-6-9-15-25-23(28)18-11-10-12-19(17-18)26-22-20-13-7-8-14-21(20)24(29)27(22)16-4-2/h7-8,10-14,17,22,26H,3-6,9,15-16H2,1-2H3,(H,25,28)/t22-/m0/s1. The zero-order valence-electron chi connectivity index (χ0n) is 17.4. The Bertz CT molecular complexity index is 850. The van der Waals surface area contributed by atoms with Crippen molar-refractivity contribution in [2.24, 2.45) is 0 Å². The molecule has 5 heteroatoms. The second-order valence-corrected chi connectivity index (χ2v) is 7.53. The van der Waals surface area contributed by atoms with E-state index in [0.29, 0.717) is 18.7 Å². The topological polar surface area (TPSA) is 61.4 Å². The molecule has 2 aromatic carbocycles. The van der Waals surface area contributed by atoms with Crippen molar-refractivity contribution >= 4 is 17.5 Å². The molecule has 0 spiro atoms. The lowest BCUT2D eigenvalue weighted by Crippen LogP contribution is -2.33. The number of amides is 2. The third kappa shape index (κ3) is 4.97.